The molecule has 0 bridgehead atoms. The molecule has 0 aliphatic heterocycles. The Kier molecular flexibility index (Phi) is 7.29. The number of anilines is 3. The van der Waals surface area contributed by atoms with E-state index in [4.69, 9.17) is 63.7 Å². The summed E-state index contributed by atoms with van der Waals surface area (Å²) in [5.74, 6) is -6.08. The van der Waals surface area contributed by atoms with Crippen LogP contribution in [0.5, 0.6) is 0 Å². The number of benzene rings is 3. The number of carbonyl (C=O) groups is 2. The number of hydrogen-bond donors (Lipinski definition) is 3. The van der Waals surface area contributed by atoms with Crippen molar-refractivity contribution in [3.63, 3.8) is 0 Å². The SMILES string of the molecule is Nc1c(F)ccc(NC(=O)c2cc(NC(=O)[C@H]3[C@@H](c4cc(Cl)c(F)c(Cl)c4)C3(Cl)Cl)ccc2Cl)c1F. The van der Waals surface area contributed by atoms with Crippen LogP contribution >= 0.6 is 58.0 Å². The minimum absolute atomic E-state index is 0.00933. The van der Waals surface area contributed by atoms with Crippen LogP contribution in [0.25, 0.3) is 0 Å². The highest BCUT2D eigenvalue weighted by atomic mass is 35.5. The van der Waals surface area contributed by atoms with Crippen LogP contribution in [0.15, 0.2) is 42.5 Å². The fourth-order valence-electron chi connectivity index (χ4n) is 3.67. The van der Waals surface area contributed by atoms with Gasteiger partial charge in [0.1, 0.15) is 15.8 Å². The van der Waals surface area contributed by atoms with Crippen LogP contribution in [0.1, 0.15) is 21.8 Å². The molecule has 1 aliphatic carbocycles. The Hall–Kier alpha value is -2.36. The molecule has 36 heavy (non-hydrogen) atoms. The molecule has 1 saturated carbocycles. The molecule has 3 aromatic rings. The van der Waals surface area contributed by atoms with E-state index >= 15 is 0 Å². The lowest BCUT2D eigenvalue weighted by atomic mass is 10.1. The summed E-state index contributed by atoms with van der Waals surface area (Å²) in [4.78, 5) is 25.6. The molecule has 4 rings (SSSR count). The predicted octanol–water partition coefficient (Wildman–Crippen LogP) is 7.42. The molecule has 3 aromatic carbocycles. The first-order valence-electron chi connectivity index (χ1n) is 10.0. The Morgan fingerprint density at radius 3 is 2.14 bits per heavy atom. The maximum atomic E-state index is 14.2. The average Bonchev–Trinajstić information content (AvgIpc) is 3.40. The normalized spacial score (nSPS) is 18.0. The largest absolute Gasteiger partial charge is 0.394 e. The second kappa shape index (κ2) is 9.84. The zero-order chi connectivity index (χ0) is 26.5. The summed E-state index contributed by atoms with van der Waals surface area (Å²) < 4.78 is 39.8. The molecule has 0 saturated heterocycles. The van der Waals surface area contributed by atoms with E-state index in [1.807, 2.05) is 0 Å². The van der Waals surface area contributed by atoms with Crippen LogP contribution < -0.4 is 16.4 Å². The van der Waals surface area contributed by atoms with Gasteiger partial charge in [0.15, 0.2) is 11.6 Å². The molecule has 188 valence electrons. The fraction of sp³-hybridized carbons (Fsp3) is 0.130. The van der Waals surface area contributed by atoms with Crippen molar-refractivity contribution in [1.29, 1.82) is 0 Å². The third kappa shape index (κ3) is 4.93. The number of halogens is 8. The molecule has 0 spiro atoms. The van der Waals surface area contributed by atoms with Gasteiger partial charge in [-0.25, -0.2) is 13.2 Å². The second-order valence-corrected chi connectivity index (χ2v) is 10.6. The van der Waals surface area contributed by atoms with Crippen LogP contribution in [0.3, 0.4) is 0 Å². The number of carbonyl (C=O) groups excluding carboxylic acids is 2. The van der Waals surface area contributed by atoms with Crippen molar-refractivity contribution in [2.75, 3.05) is 16.4 Å². The van der Waals surface area contributed by atoms with E-state index in [0.717, 1.165) is 12.1 Å². The zero-order valence-electron chi connectivity index (χ0n) is 17.6. The summed E-state index contributed by atoms with van der Waals surface area (Å²) in [6, 6.07) is 8.46. The number of amides is 2. The number of nitrogens with one attached hydrogen (secondary N) is 2. The molecule has 0 heterocycles. The highest BCUT2D eigenvalue weighted by Crippen LogP contribution is 2.65. The number of rotatable bonds is 5. The Labute approximate surface area is 227 Å². The predicted molar refractivity (Wildman–Crippen MR) is 136 cm³/mol. The smallest absolute Gasteiger partial charge is 0.257 e. The Bertz CT molecular complexity index is 1400. The van der Waals surface area contributed by atoms with Crippen molar-refractivity contribution in [2.24, 2.45) is 5.92 Å². The van der Waals surface area contributed by atoms with Gasteiger partial charge in [-0.1, -0.05) is 34.8 Å². The maximum Gasteiger partial charge on any atom is 0.257 e. The molecule has 2 atom stereocenters. The van der Waals surface area contributed by atoms with Crippen LogP contribution in [-0.4, -0.2) is 16.1 Å². The van der Waals surface area contributed by atoms with Crippen molar-refractivity contribution < 1.29 is 22.8 Å². The maximum absolute atomic E-state index is 14.2. The van der Waals surface area contributed by atoms with Crippen LogP contribution in [-0.2, 0) is 4.79 Å². The van der Waals surface area contributed by atoms with Crippen LogP contribution in [0.2, 0.25) is 15.1 Å². The third-order valence-electron chi connectivity index (χ3n) is 5.55. The Balaban J connectivity index is 1.53. The monoisotopic (exact) mass is 595 g/mol. The Morgan fingerprint density at radius 1 is 0.861 bits per heavy atom. The van der Waals surface area contributed by atoms with Gasteiger partial charge in [-0.2, -0.15) is 0 Å². The Morgan fingerprint density at radius 2 is 1.50 bits per heavy atom. The quantitative estimate of drug-likeness (QED) is 0.163. The van der Waals surface area contributed by atoms with E-state index in [9.17, 15) is 22.8 Å². The van der Waals surface area contributed by atoms with Crippen molar-refractivity contribution >= 4 is 86.9 Å². The van der Waals surface area contributed by atoms with E-state index in [2.05, 4.69) is 10.6 Å². The lowest BCUT2D eigenvalue weighted by molar-refractivity contribution is -0.117. The van der Waals surface area contributed by atoms with E-state index in [-0.39, 0.29) is 32.0 Å². The molecule has 4 N–H and O–H groups in total. The molecule has 0 radical (unpaired) electrons. The van der Waals surface area contributed by atoms with Gasteiger partial charge in [-0.15, -0.1) is 23.2 Å². The van der Waals surface area contributed by atoms with Gasteiger partial charge in [0.25, 0.3) is 5.91 Å². The minimum atomic E-state index is -1.53. The highest BCUT2D eigenvalue weighted by Gasteiger charge is 2.67. The zero-order valence-corrected chi connectivity index (χ0v) is 21.4. The lowest BCUT2D eigenvalue weighted by Gasteiger charge is -2.11. The highest BCUT2D eigenvalue weighted by molar-refractivity contribution is 6.53. The summed E-state index contributed by atoms with van der Waals surface area (Å²) in [7, 11) is 0. The summed E-state index contributed by atoms with van der Waals surface area (Å²) in [6.45, 7) is 0. The number of nitrogen functional groups attached to an aromatic ring is 1. The van der Waals surface area contributed by atoms with Gasteiger partial charge in [0, 0.05) is 11.6 Å². The number of alkyl halides is 2. The van der Waals surface area contributed by atoms with Crippen molar-refractivity contribution in [3.05, 3.63) is 86.1 Å². The molecule has 0 aromatic heterocycles. The van der Waals surface area contributed by atoms with Gasteiger partial charge in [0.05, 0.1) is 32.2 Å². The molecular formula is C23H13Cl5F3N3O2. The average molecular weight is 598 g/mol. The summed E-state index contributed by atoms with van der Waals surface area (Å²) in [5.41, 5.74) is 4.59. The lowest BCUT2D eigenvalue weighted by Crippen LogP contribution is -2.18. The van der Waals surface area contributed by atoms with Crippen LogP contribution in [0.4, 0.5) is 30.2 Å². The van der Waals surface area contributed by atoms with Gasteiger partial charge < -0.3 is 16.4 Å². The summed E-state index contributed by atoms with van der Waals surface area (Å²) >= 11 is 30.4. The van der Waals surface area contributed by atoms with E-state index in [0.29, 0.717) is 5.56 Å². The number of nitrogens with two attached hydrogens (primary N) is 1. The van der Waals surface area contributed by atoms with Gasteiger partial charge in [-0.05, 0) is 48.0 Å². The molecule has 0 unspecified atom stereocenters. The molecule has 13 heteroatoms. The van der Waals surface area contributed by atoms with Gasteiger partial charge in [-0.3, -0.25) is 9.59 Å². The van der Waals surface area contributed by atoms with Crippen molar-refractivity contribution in [1.82, 2.24) is 0 Å². The molecular weight excluding hydrogens is 585 g/mol. The summed E-state index contributed by atoms with van der Waals surface area (Å²) in [6.07, 6.45) is 0. The fourth-order valence-corrected chi connectivity index (χ4v) is 5.21. The van der Waals surface area contributed by atoms with E-state index < -0.39 is 51.1 Å². The first-order chi connectivity index (χ1) is 16.8. The molecule has 1 fully saturated rings. The minimum Gasteiger partial charge on any atom is -0.394 e. The van der Waals surface area contributed by atoms with Crippen LogP contribution in [0, 0.1) is 23.4 Å². The first kappa shape index (κ1) is 26.7. The number of hydrogen-bond acceptors (Lipinski definition) is 3. The molecule has 5 nitrogen and oxygen atoms in total. The molecule has 2 amide bonds. The van der Waals surface area contributed by atoms with Crippen molar-refractivity contribution in [3.8, 4) is 0 Å². The summed E-state index contributed by atoms with van der Waals surface area (Å²) in [5, 5.41) is 4.33. The third-order valence-corrected chi connectivity index (χ3v) is 7.37. The topological polar surface area (TPSA) is 84.2 Å². The van der Waals surface area contributed by atoms with Gasteiger partial charge >= 0.3 is 0 Å². The second-order valence-electron chi connectivity index (χ2n) is 7.89. The van der Waals surface area contributed by atoms with E-state index in [1.54, 1.807) is 0 Å². The first-order valence-corrected chi connectivity index (χ1v) is 11.9. The standard InChI is InChI=1S/C23H13Cl5F3N3O2/c24-11-2-1-9(7-10(11)21(35)34-15-4-3-14(29)20(32)19(15)31)33-22(36)17-16(23(17,27)28)8-5-12(25)18(30)13(26)6-8/h1-7,16-17H,32H2,(H,33,36)(H,34,35)/t16-,17-/m1/s1. The van der Waals surface area contributed by atoms with Gasteiger partial charge in [0.2, 0.25) is 5.91 Å². The van der Waals surface area contributed by atoms with E-state index in [1.165, 1.54) is 30.3 Å². The molecule has 1 aliphatic rings. The van der Waals surface area contributed by atoms with Crippen molar-refractivity contribution in [2.45, 2.75) is 10.3 Å².